The number of para-hydroxylation sites is 1. The number of rotatable bonds is 7. The van der Waals surface area contributed by atoms with Gasteiger partial charge in [-0.1, -0.05) is 29.8 Å². The summed E-state index contributed by atoms with van der Waals surface area (Å²) in [4.78, 5) is 27.2. The fraction of sp³-hybridized carbons (Fsp3) is 0.0870. The smallest absolute Gasteiger partial charge is 0.288 e. The van der Waals surface area contributed by atoms with Gasteiger partial charge in [0.2, 0.25) is 0 Å². The van der Waals surface area contributed by atoms with Gasteiger partial charge in [0.1, 0.15) is 10.8 Å². The SMILES string of the molecule is O=C(NCCSc1c(-c2ccc(F)cc2)[nH]c2ccccc12)c1ccc(Cl)c([N+](=O)[O-])c1. The van der Waals surface area contributed by atoms with Gasteiger partial charge in [0, 0.05) is 39.7 Å². The molecule has 0 saturated heterocycles. The van der Waals surface area contributed by atoms with Crippen LogP contribution in [0.4, 0.5) is 10.1 Å². The van der Waals surface area contributed by atoms with Crippen molar-refractivity contribution in [3.8, 4) is 11.3 Å². The molecule has 0 saturated carbocycles. The van der Waals surface area contributed by atoms with Crippen molar-refractivity contribution in [3.63, 3.8) is 0 Å². The van der Waals surface area contributed by atoms with E-state index in [1.165, 1.54) is 24.3 Å². The minimum atomic E-state index is -0.622. The summed E-state index contributed by atoms with van der Waals surface area (Å²) < 4.78 is 13.4. The highest BCUT2D eigenvalue weighted by Gasteiger charge is 2.17. The molecule has 0 radical (unpaired) electrons. The van der Waals surface area contributed by atoms with E-state index < -0.39 is 10.8 Å². The van der Waals surface area contributed by atoms with Crippen LogP contribution < -0.4 is 5.32 Å². The van der Waals surface area contributed by atoms with Crippen molar-refractivity contribution in [1.29, 1.82) is 0 Å². The van der Waals surface area contributed by atoms with Crippen LogP contribution in [0.3, 0.4) is 0 Å². The van der Waals surface area contributed by atoms with E-state index in [-0.39, 0.29) is 22.1 Å². The minimum absolute atomic E-state index is 0.0187. The van der Waals surface area contributed by atoms with Crippen molar-refractivity contribution in [2.24, 2.45) is 0 Å². The lowest BCUT2D eigenvalue weighted by molar-refractivity contribution is -0.384. The third-order valence-electron chi connectivity index (χ3n) is 4.83. The molecule has 1 amide bonds. The maximum atomic E-state index is 13.4. The number of nitrogens with one attached hydrogen (secondary N) is 2. The molecule has 0 atom stereocenters. The van der Waals surface area contributed by atoms with E-state index in [0.717, 1.165) is 33.1 Å². The number of thioether (sulfide) groups is 1. The third kappa shape index (κ3) is 4.61. The molecule has 32 heavy (non-hydrogen) atoms. The molecule has 0 aliphatic rings. The second-order valence-corrected chi connectivity index (χ2v) is 8.42. The summed E-state index contributed by atoms with van der Waals surface area (Å²) in [6, 6.07) is 18.1. The average molecular weight is 470 g/mol. The largest absolute Gasteiger partial charge is 0.354 e. The monoisotopic (exact) mass is 469 g/mol. The summed E-state index contributed by atoms with van der Waals surface area (Å²) >= 11 is 7.36. The van der Waals surface area contributed by atoms with Crippen LogP contribution in [0.1, 0.15) is 10.4 Å². The van der Waals surface area contributed by atoms with Gasteiger partial charge in [-0.05, 0) is 48.0 Å². The fourth-order valence-corrected chi connectivity index (χ4v) is 4.54. The maximum Gasteiger partial charge on any atom is 0.288 e. The average Bonchev–Trinajstić information content (AvgIpc) is 3.15. The van der Waals surface area contributed by atoms with Crippen molar-refractivity contribution >= 4 is 45.9 Å². The Morgan fingerprint density at radius 3 is 2.62 bits per heavy atom. The van der Waals surface area contributed by atoms with Crippen LogP contribution in [0.2, 0.25) is 5.02 Å². The number of amides is 1. The van der Waals surface area contributed by atoms with E-state index in [1.54, 1.807) is 23.9 Å². The highest BCUT2D eigenvalue weighted by molar-refractivity contribution is 7.99. The number of H-pyrrole nitrogens is 1. The highest BCUT2D eigenvalue weighted by Crippen LogP contribution is 2.37. The molecule has 2 N–H and O–H groups in total. The Morgan fingerprint density at radius 1 is 1.12 bits per heavy atom. The maximum absolute atomic E-state index is 13.4. The summed E-state index contributed by atoms with van der Waals surface area (Å²) in [5.41, 5.74) is 2.58. The number of halogens is 2. The van der Waals surface area contributed by atoms with Gasteiger partial charge < -0.3 is 10.3 Å². The van der Waals surface area contributed by atoms with E-state index in [4.69, 9.17) is 11.6 Å². The number of hydrogen-bond acceptors (Lipinski definition) is 4. The summed E-state index contributed by atoms with van der Waals surface area (Å²) in [6.45, 7) is 0.349. The molecule has 4 aromatic rings. The molecule has 0 fully saturated rings. The van der Waals surface area contributed by atoms with Crippen molar-refractivity contribution in [2.75, 3.05) is 12.3 Å². The molecular weight excluding hydrogens is 453 g/mol. The number of nitrogens with zero attached hydrogens (tertiary/aromatic N) is 1. The first-order valence-electron chi connectivity index (χ1n) is 9.65. The molecule has 0 unspecified atom stereocenters. The molecule has 162 valence electrons. The Labute approximate surface area is 191 Å². The summed E-state index contributed by atoms with van der Waals surface area (Å²) in [5.74, 6) is -0.149. The topological polar surface area (TPSA) is 88.0 Å². The molecular formula is C23H17ClFN3O3S. The number of aromatic amines is 1. The van der Waals surface area contributed by atoms with E-state index in [0.29, 0.717) is 12.3 Å². The quantitative estimate of drug-likeness (QED) is 0.149. The number of carbonyl (C=O) groups is 1. The van der Waals surface area contributed by atoms with Gasteiger partial charge >= 0.3 is 0 Å². The molecule has 0 aliphatic heterocycles. The Hall–Kier alpha value is -3.36. The van der Waals surface area contributed by atoms with Crippen LogP contribution in [-0.2, 0) is 0 Å². The number of carbonyl (C=O) groups excluding carboxylic acids is 1. The molecule has 6 nitrogen and oxygen atoms in total. The van der Waals surface area contributed by atoms with E-state index in [1.807, 2.05) is 24.3 Å². The van der Waals surface area contributed by atoms with E-state index in [2.05, 4.69) is 10.3 Å². The number of aromatic nitrogens is 1. The zero-order valence-electron chi connectivity index (χ0n) is 16.6. The van der Waals surface area contributed by atoms with Gasteiger partial charge in [-0.15, -0.1) is 11.8 Å². The first-order chi connectivity index (χ1) is 15.4. The first kappa shape index (κ1) is 21.9. The van der Waals surface area contributed by atoms with Gasteiger partial charge in [-0.2, -0.15) is 0 Å². The van der Waals surface area contributed by atoms with Crippen LogP contribution in [-0.4, -0.2) is 28.1 Å². The van der Waals surface area contributed by atoms with Gasteiger partial charge in [-0.25, -0.2) is 4.39 Å². The number of nitro groups is 1. The van der Waals surface area contributed by atoms with Gasteiger partial charge in [0.25, 0.3) is 11.6 Å². The molecule has 0 aliphatic carbocycles. The van der Waals surface area contributed by atoms with Crippen LogP contribution in [0, 0.1) is 15.9 Å². The summed E-state index contributed by atoms with van der Waals surface area (Å²) in [6.07, 6.45) is 0. The van der Waals surface area contributed by atoms with Crippen LogP contribution in [0.15, 0.2) is 71.6 Å². The Kier molecular flexibility index (Phi) is 6.43. The zero-order valence-corrected chi connectivity index (χ0v) is 18.2. The van der Waals surface area contributed by atoms with Crippen molar-refractivity contribution in [1.82, 2.24) is 10.3 Å². The standard InChI is InChI=1S/C23H17ClFN3O3S/c24-18-10-7-15(13-20(18)28(30)31)23(29)26-11-12-32-22-17-3-1-2-4-19(17)27-21(22)14-5-8-16(25)9-6-14/h1-10,13,27H,11-12H2,(H,26,29). The fourth-order valence-electron chi connectivity index (χ4n) is 3.30. The molecule has 0 bridgehead atoms. The Balaban J connectivity index is 1.47. The van der Waals surface area contributed by atoms with Gasteiger partial charge in [0.15, 0.2) is 0 Å². The van der Waals surface area contributed by atoms with E-state index in [9.17, 15) is 19.3 Å². The van der Waals surface area contributed by atoms with Crippen LogP contribution in [0.5, 0.6) is 0 Å². The number of hydrogen-bond donors (Lipinski definition) is 2. The third-order valence-corrected chi connectivity index (χ3v) is 6.27. The Morgan fingerprint density at radius 2 is 1.88 bits per heavy atom. The van der Waals surface area contributed by atoms with E-state index >= 15 is 0 Å². The Bertz CT molecular complexity index is 1310. The minimum Gasteiger partial charge on any atom is -0.354 e. The number of nitro benzene ring substituents is 1. The highest BCUT2D eigenvalue weighted by atomic mass is 35.5. The molecule has 0 spiro atoms. The molecule has 9 heteroatoms. The molecule has 1 heterocycles. The lowest BCUT2D eigenvalue weighted by atomic mass is 10.1. The lowest BCUT2D eigenvalue weighted by Gasteiger charge is -2.08. The number of fused-ring (bicyclic) bond motifs is 1. The predicted octanol–water partition coefficient (Wildman–Crippen LogP) is 6.06. The summed E-state index contributed by atoms with van der Waals surface area (Å²) in [7, 11) is 0. The molecule has 1 aromatic heterocycles. The first-order valence-corrected chi connectivity index (χ1v) is 11.0. The lowest BCUT2D eigenvalue weighted by Crippen LogP contribution is -2.25. The van der Waals surface area contributed by atoms with Crippen LogP contribution in [0.25, 0.3) is 22.2 Å². The summed E-state index contributed by atoms with van der Waals surface area (Å²) in [5, 5.41) is 14.8. The second-order valence-electron chi connectivity index (χ2n) is 6.91. The molecule has 4 rings (SSSR count). The predicted molar refractivity (Wildman–Crippen MR) is 125 cm³/mol. The van der Waals surface area contributed by atoms with Crippen molar-refractivity contribution in [3.05, 3.63) is 93.2 Å². The van der Waals surface area contributed by atoms with Gasteiger partial charge in [0.05, 0.1) is 10.6 Å². The molecule has 3 aromatic carbocycles. The van der Waals surface area contributed by atoms with Crippen molar-refractivity contribution < 1.29 is 14.1 Å². The zero-order chi connectivity index (χ0) is 22.7. The normalized spacial score (nSPS) is 10.9. The van der Waals surface area contributed by atoms with Crippen LogP contribution >= 0.6 is 23.4 Å². The van der Waals surface area contributed by atoms with Gasteiger partial charge in [-0.3, -0.25) is 14.9 Å². The number of benzene rings is 3. The second kappa shape index (κ2) is 9.42. The van der Waals surface area contributed by atoms with Crippen molar-refractivity contribution in [2.45, 2.75) is 4.90 Å².